The summed E-state index contributed by atoms with van der Waals surface area (Å²) in [5.41, 5.74) is -0.273. The summed E-state index contributed by atoms with van der Waals surface area (Å²) in [6, 6.07) is 0. The Labute approximate surface area is 68.1 Å². The number of aliphatic hydroxyl groups is 1. The molecule has 3 atom stereocenters. The van der Waals surface area contributed by atoms with Gasteiger partial charge in [0.25, 0.3) is 0 Å². The molecule has 0 aromatic carbocycles. The van der Waals surface area contributed by atoms with Gasteiger partial charge in [-0.2, -0.15) is 0 Å². The standard InChI is InChI=1S/C10H16O/c1-8-9-6-4-2-3-5-7-10(8,9)11/h2-3,8-9,11H,4-7H2,1H3. The third kappa shape index (κ3) is 1.02. The highest BCUT2D eigenvalue weighted by Crippen LogP contribution is 2.56. The Balaban J connectivity index is 2.06. The van der Waals surface area contributed by atoms with Crippen molar-refractivity contribution in [2.75, 3.05) is 0 Å². The SMILES string of the molecule is CC1C2CCC=CCCC12O. The molecule has 0 heterocycles. The molecule has 0 radical (unpaired) electrons. The van der Waals surface area contributed by atoms with E-state index in [1.54, 1.807) is 0 Å². The third-order valence-corrected chi connectivity index (χ3v) is 3.45. The number of allylic oxidation sites excluding steroid dienone is 2. The summed E-state index contributed by atoms with van der Waals surface area (Å²) in [5, 5.41) is 9.99. The molecule has 2 rings (SSSR count). The first-order valence-corrected chi connectivity index (χ1v) is 4.62. The van der Waals surface area contributed by atoms with Crippen LogP contribution < -0.4 is 0 Å². The Hall–Kier alpha value is -0.300. The Morgan fingerprint density at radius 1 is 1.36 bits per heavy atom. The van der Waals surface area contributed by atoms with Gasteiger partial charge in [-0.25, -0.2) is 0 Å². The van der Waals surface area contributed by atoms with Gasteiger partial charge in [-0.05, 0) is 37.5 Å². The molecular weight excluding hydrogens is 136 g/mol. The number of fused-ring (bicyclic) bond motifs is 1. The van der Waals surface area contributed by atoms with E-state index >= 15 is 0 Å². The molecule has 3 unspecified atom stereocenters. The van der Waals surface area contributed by atoms with E-state index in [-0.39, 0.29) is 5.60 Å². The molecule has 1 fully saturated rings. The van der Waals surface area contributed by atoms with E-state index in [9.17, 15) is 5.11 Å². The monoisotopic (exact) mass is 152 g/mol. The summed E-state index contributed by atoms with van der Waals surface area (Å²) >= 11 is 0. The smallest absolute Gasteiger partial charge is 0.0711 e. The van der Waals surface area contributed by atoms with Gasteiger partial charge < -0.3 is 5.11 Å². The van der Waals surface area contributed by atoms with Crippen LogP contribution in [0.15, 0.2) is 12.2 Å². The fourth-order valence-electron chi connectivity index (χ4n) is 2.45. The maximum absolute atomic E-state index is 9.99. The van der Waals surface area contributed by atoms with Gasteiger partial charge in [-0.1, -0.05) is 19.1 Å². The topological polar surface area (TPSA) is 20.2 Å². The molecule has 2 aliphatic rings. The lowest BCUT2D eigenvalue weighted by atomic mass is 10.0. The van der Waals surface area contributed by atoms with Crippen LogP contribution in [-0.2, 0) is 0 Å². The summed E-state index contributed by atoms with van der Waals surface area (Å²) in [6.45, 7) is 2.18. The molecule has 0 spiro atoms. The Morgan fingerprint density at radius 3 is 2.91 bits per heavy atom. The average molecular weight is 152 g/mol. The van der Waals surface area contributed by atoms with Gasteiger partial charge in [-0.3, -0.25) is 0 Å². The van der Waals surface area contributed by atoms with Crippen LogP contribution in [0.4, 0.5) is 0 Å². The van der Waals surface area contributed by atoms with Crippen LogP contribution in [0, 0.1) is 11.8 Å². The van der Waals surface area contributed by atoms with Crippen LogP contribution in [0.3, 0.4) is 0 Å². The molecule has 0 aromatic heterocycles. The molecule has 0 aliphatic heterocycles. The molecule has 1 saturated carbocycles. The number of hydrogen-bond donors (Lipinski definition) is 1. The highest BCUT2D eigenvalue weighted by Gasteiger charge is 2.59. The van der Waals surface area contributed by atoms with Gasteiger partial charge >= 0.3 is 0 Å². The second-order valence-corrected chi connectivity index (χ2v) is 3.97. The average Bonchev–Trinajstić information content (AvgIpc) is 2.40. The van der Waals surface area contributed by atoms with E-state index in [0.29, 0.717) is 11.8 Å². The van der Waals surface area contributed by atoms with Crippen LogP contribution in [0.5, 0.6) is 0 Å². The summed E-state index contributed by atoms with van der Waals surface area (Å²) in [5.74, 6) is 1.16. The van der Waals surface area contributed by atoms with Crippen LogP contribution in [0.25, 0.3) is 0 Å². The van der Waals surface area contributed by atoms with Crippen molar-refractivity contribution in [3.05, 3.63) is 12.2 Å². The molecule has 1 nitrogen and oxygen atoms in total. The minimum atomic E-state index is -0.273. The second-order valence-electron chi connectivity index (χ2n) is 3.97. The number of rotatable bonds is 0. The highest BCUT2D eigenvalue weighted by molar-refractivity contribution is 5.12. The molecule has 0 amide bonds. The van der Waals surface area contributed by atoms with Crippen molar-refractivity contribution in [1.82, 2.24) is 0 Å². The normalized spacial score (nSPS) is 49.3. The zero-order chi connectivity index (χ0) is 7.90. The predicted molar refractivity (Wildman–Crippen MR) is 45.2 cm³/mol. The fourth-order valence-corrected chi connectivity index (χ4v) is 2.45. The van der Waals surface area contributed by atoms with Crippen LogP contribution in [0.2, 0.25) is 0 Å². The van der Waals surface area contributed by atoms with Gasteiger partial charge in [-0.15, -0.1) is 0 Å². The van der Waals surface area contributed by atoms with E-state index in [1.807, 2.05) is 0 Å². The molecule has 0 saturated heterocycles. The molecular formula is C10H16O. The minimum absolute atomic E-state index is 0.273. The molecule has 0 bridgehead atoms. The van der Waals surface area contributed by atoms with E-state index in [1.165, 1.54) is 6.42 Å². The third-order valence-electron chi connectivity index (χ3n) is 3.45. The Bertz CT molecular complexity index is 185. The summed E-state index contributed by atoms with van der Waals surface area (Å²) in [4.78, 5) is 0. The van der Waals surface area contributed by atoms with Crippen molar-refractivity contribution in [2.24, 2.45) is 11.8 Å². The first kappa shape index (κ1) is 7.35. The van der Waals surface area contributed by atoms with Crippen molar-refractivity contribution >= 4 is 0 Å². The van der Waals surface area contributed by atoms with E-state index in [4.69, 9.17) is 0 Å². The second kappa shape index (κ2) is 2.34. The summed E-state index contributed by atoms with van der Waals surface area (Å²) in [7, 11) is 0. The largest absolute Gasteiger partial charge is 0.389 e. The van der Waals surface area contributed by atoms with Gasteiger partial charge in [0.1, 0.15) is 0 Å². The summed E-state index contributed by atoms with van der Waals surface area (Å²) < 4.78 is 0. The van der Waals surface area contributed by atoms with Crippen molar-refractivity contribution in [1.29, 1.82) is 0 Å². The van der Waals surface area contributed by atoms with Gasteiger partial charge in [0.2, 0.25) is 0 Å². The van der Waals surface area contributed by atoms with E-state index in [2.05, 4.69) is 19.1 Å². The molecule has 11 heavy (non-hydrogen) atoms. The molecule has 1 N–H and O–H groups in total. The van der Waals surface area contributed by atoms with Gasteiger partial charge in [0.15, 0.2) is 0 Å². The maximum atomic E-state index is 9.99. The minimum Gasteiger partial charge on any atom is -0.389 e. The fraction of sp³-hybridized carbons (Fsp3) is 0.800. The van der Waals surface area contributed by atoms with Crippen LogP contribution >= 0.6 is 0 Å². The van der Waals surface area contributed by atoms with Crippen LogP contribution in [-0.4, -0.2) is 10.7 Å². The Morgan fingerprint density at radius 2 is 2.09 bits per heavy atom. The van der Waals surface area contributed by atoms with Crippen molar-refractivity contribution in [3.63, 3.8) is 0 Å². The van der Waals surface area contributed by atoms with Crippen molar-refractivity contribution in [2.45, 2.75) is 38.2 Å². The molecule has 1 heteroatoms. The molecule has 62 valence electrons. The summed E-state index contributed by atoms with van der Waals surface area (Å²) in [6.07, 6.45) is 8.86. The highest BCUT2D eigenvalue weighted by atomic mass is 16.3. The van der Waals surface area contributed by atoms with Crippen LogP contribution in [0.1, 0.15) is 32.6 Å². The molecule has 2 aliphatic carbocycles. The maximum Gasteiger partial charge on any atom is 0.0711 e. The lowest BCUT2D eigenvalue weighted by Crippen LogP contribution is -2.12. The first-order valence-electron chi connectivity index (χ1n) is 4.62. The van der Waals surface area contributed by atoms with E-state index < -0.39 is 0 Å². The zero-order valence-electron chi connectivity index (χ0n) is 7.09. The van der Waals surface area contributed by atoms with E-state index in [0.717, 1.165) is 19.3 Å². The van der Waals surface area contributed by atoms with Gasteiger partial charge in [0.05, 0.1) is 5.60 Å². The van der Waals surface area contributed by atoms with Crippen molar-refractivity contribution in [3.8, 4) is 0 Å². The lowest BCUT2D eigenvalue weighted by Gasteiger charge is -2.10. The Kier molecular flexibility index (Phi) is 1.57. The quantitative estimate of drug-likeness (QED) is 0.527. The molecule has 0 aromatic rings. The zero-order valence-corrected chi connectivity index (χ0v) is 7.09. The number of hydrogen-bond acceptors (Lipinski definition) is 1. The first-order chi connectivity index (χ1) is 5.25. The predicted octanol–water partition coefficient (Wildman–Crippen LogP) is 2.11. The van der Waals surface area contributed by atoms with Crippen molar-refractivity contribution < 1.29 is 5.11 Å². The lowest BCUT2D eigenvalue weighted by molar-refractivity contribution is 0.109. The van der Waals surface area contributed by atoms with Gasteiger partial charge in [0, 0.05) is 0 Å².